The summed E-state index contributed by atoms with van der Waals surface area (Å²) in [4.78, 5) is 0. The molecule has 0 aromatic carbocycles. The summed E-state index contributed by atoms with van der Waals surface area (Å²) < 4.78 is 7.16. The summed E-state index contributed by atoms with van der Waals surface area (Å²) in [5.74, 6) is 3.19. The lowest BCUT2D eigenvalue weighted by Gasteiger charge is -2.32. The molecule has 0 radical (unpaired) electrons. The summed E-state index contributed by atoms with van der Waals surface area (Å²) in [6.07, 6.45) is 1.74. The number of hydrogen-bond acceptors (Lipinski definition) is 5. The largest absolute Gasteiger partial charge is 0.493 e. The molecule has 1 aromatic heterocycles. The van der Waals surface area contributed by atoms with E-state index < -0.39 is 0 Å². The molecule has 2 rings (SSSR count). The first-order valence-corrected chi connectivity index (χ1v) is 7.79. The van der Waals surface area contributed by atoms with Gasteiger partial charge < -0.3 is 10.5 Å². The van der Waals surface area contributed by atoms with Gasteiger partial charge in [-0.25, -0.2) is 0 Å². The van der Waals surface area contributed by atoms with Crippen molar-refractivity contribution in [2.75, 3.05) is 18.6 Å². The molecule has 1 aliphatic rings. The van der Waals surface area contributed by atoms with Gasteiger partial charge in [-0.3, -0.25) is 4.68 Å². The van der Waals surface area contributed by atoms with Gasteiger partial charge in [-0.2, -0.15) is 28.6 Å². The van der Waals surface area contributed by atoms with E-state index in [1.165, 1.54) is 11.5 Å². The van der Waals surface area contributed by atoms with E-state index in [9.17, 15) is 0 Å². The van der Waals surface area contributed by atoms with Crippen molar-refractivity contribution >= 4 is 23.5 Å². The number of rotatable bonds is 3. The fourth-order valence-electron chi connectivity index (χ4n) is 2.16. The molecule has 6 heteroatoms. The number of thioether (sulfide) groups is 2. The second kappa shape index (κ2) is 5.54. The Kier molecular flexibility index (Phi) is 4.27. The smallest absolute Gasteiger partial charge is 0.161 e. The van der Waals surface area contributed by atoms with Crippen LogP contribution in [0.1, 0.15) is 18.7 Å². The topological polar surface area (TPSA) is 53.1 Å². The van der Waals surface area contributed by atoms with Crippen LogP contribution < -0.4 is 10.5 Å². The van der Waals surface area contributed by atoms with Crippen LogP contribution in [-0.4, -0.2) is 38.9 Å². The molecule has 0 aliphatic carbocycles. The van der Waals surface area contributed by atoms with Crippen molar-refractivity contribution in [1.82, 2.24) is 9.78 Å². The monoisotopic (exact) mass is 273 g/mol. The van der Waals surface area contributed by atoms with Gasteiger partial charge in [0, 0.05) is 29.1 Å². The van der Waals surface area contributed by atoms with E-state index in [-0.39, 0.29) is 6.04 Å². The molecular formula is C11H19N3OS2. The van der Waals surface area contributed by atoms with Gasteiger partial charge in [-0.1, -0.05) is 6.92 Å². The lowest BCUT2D eigenvalue weighted by atomic mass is 10.1. The minimum absolute atomic E-state index is 0.0229. The highest BCUT2D eigenvalue weighted by Gasteiger charge is 2.32. The van der Waals surface area contributed by atoms with Crippen molar-refractivity contribution in [3.63, 3.8) is 0 Å². The normalized spacial score (nSPS) is 26.8. The molecule has 2 heterocycles. The number of ether oxygens (including phenoxy) is 1. The Bertz CT molecular complexity index is 383. The summed E-state index contributed by atoms with van der Waals surface area (Å²) in [5, 5.41) is 5.23. The van der Waals surface area contributed by atoms with Crippen LogP contribution in [0.15, 0.2) is 6.20 Å². The molecule has 17 heavy (non-hydrogen) atoms. The third-order valence-electron chi connectivity index (χ3n) is 3.08. The van der Waals surface area contributed by atoms with Gasteiger partial charge in [0.05, 0.1) is 25.0 Å². The average molecular weight is 273 g/mol. The van der Waals surface area contributed by atoms with Crippen LogP contribution in [-0.2, 0) is 7.05 Å². The van der Waals surface area contributed by atoms with E-state index >= 15 is 0 Å². The summed E-state index contributed by atoms with van der Waals surface area (Å²) in [6, 6.07) is -0.0229. The van der Waals surface area contributed by atoms with E-state index in [1.807, 2.05) is 35.3 Å². The van der Waals surface area contributed by atoms with Crippen LogP contribution in [0, 0.1) is 0 Å². The molecule has 3 atom stereocenters. The van der Waals surface area contributed by atoms with Crippen molar-refractivity contribution in [3.05, 3.63) is 11.9 Å². The van der Waals surface area contributed by atoms with E-state index in [1.54, 1.807) is 13.3 Å². The van der Waals surface area contributed by atoms with Gasteiger partial charge in [0.15, 0.2) is 5.75 Å². The second-order valence-electron chi connectivity index (χ2n) is 4.16. The van der Waals surface area contributed by atoms with E-state index in [0.29, 0.717) is 10.5 Å². The molecule has 0 bridgehead atoms. The van der Waals surface area contributed by atoms with Gasteiger partial charge in [-0.05, 0) is 0 Å². The SMILES string of the molecule is COc1cnn(C)c1C(N)C1SCCSC1C. The Morgan fingerprint density at radius 3 is 2.88 bits per heavy atom. The Morgan fingerprint density at radius 2 is 2.24 bits per heavy atom. The van der Waals surface area contributed by atoms with Crippen molar-refractivity contribution in [3.8, 4) is 5.75 Å². The predicted molar refractivity (Wildman–Crippen MR) is 74.9 cm³/mol. The van der Waals surface area contributed by atoms with Gasteiger partial charge in [0.25, 0.3) is 0 Å². The Labute approximate surface area is 111 Å². The fraction of sp³-hybridized carbons (Fsp3) is 0.727. The Hall–Kier alpha value is -0.330. The minimum Gasteiger partial charge on any atom is -0.493 e. The first kappa shape index (κ1) is 13.1. The van der Waals surface area contributed by atoms with Gasteiger partial charge in [-0.15, -0.1) is 0 Å². The van der Waals surface area contributed by atoms with Gasteiger partial charge >= 0.3 is 0 Å². The van der Waals surface area contributed by atoms with Crippen LogP contribution in [0.4, 0.5) is 0 Å². The molecule has 3 unspecified atom stereocenters. The number of nitrogens with two attached hydrogens (primary N) is 1. The molecule has 1 aliphatic heterocycles. The predicted octanol–water partition coefficient (Wildman–Crippen LogP) is 1.67. The summed E-state index contributed by atoms with van der Waals surface area (Å²) in [5.41, 5.74) is 7.41. The van der Waals surface area contributed by atoms with Gasteiger partial charge in [0.1, 0.15) is 0 Å². The highest BCUT2D eigenvalue weighted by atomic mass is 32.2. The molecular weight excluding hydrogens is 254 g/mol. The maximum atomic E-state index is 6.41. The van der Waals surface area contributed by atoms with Crippen LogP contribution in [0.5, 0.6) is 5.75 Å². The number of aryl methyl sites for hydroxylation is 1. The van der Waals surface area contributed by atoms with Crippen molar-refractivity contribution in [2.24, 2.45) is 12.8 Å². The quantitative estimate of drug-likeness (QED) is 0.908. The van der Waals surface area contributed by atoms with Crippen LogP contribution in [0.2, 0.25) is 0 Å². The number of nitrogens with zero attached hydrogens (tertiary/aromatic N) is 2. The van der Waals surface area contributed by atoms with Crippen molar-refractivity contribution in [2.45, 2.75) is 23.5 Å². The first-order valence-electron chi connectivity index (χ1n) is 5.69. The van der Waals surface area contributed by atoms with E-state index in [0.717, 1.165) is 11.4 Å². The van der Waals surface area contributed by atoms with E-state index in [4.69, 9.17) is 10.5 Å². The highest BCUT2D eigenvalue weighted by molar-refractivity contribution is 8.07. The molecule has 1 aromatic rings. The molecule has 1 fully saturated rings. The van der Waals surface area contributed by atoms with Crippen LogP contribution in [0.3, 0.4) is 0 Å². The maximum absolute atomic E-state index is 6.41. The number of methoxy groups -OCH3 is 1. The molecule has 1 saturated heterocycles. The standard InChI is InChI=1S/C11H19N3OS2/c1-7-11(17-5-4-16-7)9(12)10-8(15-3)6-13-14(10)2/h6-7,9,11H,4-5,12H2,1-3H3. The molecule has 0 spiro atoms. The third-order valence-corrected chi connectivity index (χ3v) is 6.29. The lowest BCUT2D eigenvalue weighted by Crippen LogP contribution is -2.35. The molecule has 4 nitrogen and oxygen atoms in total. The molecule has 96 valence electrons. The average Bonchev–Trinajstić information content (AvgIpc) is 2.70. The third kappa shape index (κ3) is 2.58. The number of hydrogen-bond donors (Lipinski definition) is 1. The Balaban J connectivity index is 2.22. The van der Waals surface area contributed by atoms with Crippen LogP contribution in [0.25, 0.3) is 0 Å². The zero-order valence-electron chi connectivity index (χ0n) is 10.4. The minimum atomic E-state index is -0.0229. The molecule has 2 N–H and O–H groups in total. The maximum Gasteiger partial charge on any atom is 0.161 e. The van der Waals surface area contributed by atoms with Crippen molar-refractivity contribution in [1.29, 1.82) is 0 Å². The zero-order valence-corrected chi connectivity index (χ0v) is 12.1. The number of aromatic nitrogens is 2. The molecule has 0 saturated carbocycles. The van der Waals surface area contributed by atoms with Crippen LogP contribution >= 0.6 is 23.5 Å². The first-order chi connectivity index (χ1) is 8.15. The summed E-state index contributed by atoms with van der Waals surface area (Å²) >= 11 is 3.96. The molecule has 0 amide bonds. The Morgan fingerprint density at radius 1 is 1.53 bits per heavy atom. The second-order valence-corrected chi connectivity index (χ2v) is 6.93. The lowest BCUT2D eigenvalue weighted by molar-refractivity contribution is 0.402. The van der Waals surface area contributed by atoms with E-state index in [2.05, 4.69) is 12.0 Å². The summed E-state index contributed by atoms with van der Waals surface area (Å²) in [7, 11) is 3.59. The highest BCUT2D eigenvalue weighted by Crippen LogP contribution is 2.39. The van der Waals surface area contributed by atoms with Crippen molar-refractivity contribution < 1.29 is 4.74 Å². The zero-order chi connectivity index (χ0) is 12.4. The fourth-order valence-corrected chi connectivity index (χ4v) is 5.02. The van der Waals surface area contributed by atoms with Gasteiger partial charge in [0.2, 0.25) is 0 Å². The summed E-state index contributed by atoms with van der Waals surface area (Å²) in [6.45, 7) is 2.25.